The summed E-state index contributed by atoms with van der Waals surface area (Å²) in [6.45, 7) is 2.86. The first-order valence-corrected chi connectivity index (χ1v) is 6.21. The first-order chi connectivity index (χ1) is 8.81. The van der Waals surface area contributed by atoms with E-state index in [0.717, 1.165) is 0 Å². The highest BCUT2D eigenvalue weighted by molar-refractivity contribution is 6.35. The van der Waals surface area contributed by atoms with Gasteiger partial charge in [0.25, 0.3) is 5.91 Å². The van der Waals surface area contributed by atoms with Crippen LogP contribution in [0.1, 0.15) is 13.8 Å². The Morgan fingerprint density at radius 3 is 2.47 bits per heavy atom. The molecule has 0 bridgehead atoms. The van der Waals surface area contributed by atoms with Crippen molar-refractivity contribution in [3.63, 3.8) is 0 Å². The molecule has 0 spiro atoms. The standard InChI is InChI=1S/C12H13Cl2NO4/c1-6(12(17)18)15-11(16)7(2)19-10-4-3-8(13)5-9(10)14/h3-7H,1-2H3,(H,15,16)(H,17,18)/t6-,7?/m0/s1. The Balaban J connectivity index is 2.66. The van der Waals surface area contributed by atoms with E-state index >= 15 is 0 Å². The summed E-state index contributed by atoms with van der Waals surface area (Å²) in [6.07, 6.45) is -0.875. The Hall–Kier alpha value is -1.46. The van der Waals surface area contributed by atoms with Crippen LogP contribution >= 0.6 is 23.2 Å². The predicted octanol–water partition coefficient (Wildman–Crippen LogP) is 2.35. The number of hydrogen-bond donors (Lipinski definition) is 2. The van der Waals surface area contributed by atoms with Crippen molar-refractivity contribution in [1.29, 1.82) is 0 Å². The lowest BCUT2D eigenvalue weighted by molar-refractivity contribution is -0.142. The van der Waals surface area contributed by atoms with E-state index in [1.165, 1.54) is 26.0 Å². The number of nitrogens with one attached hydrogen (secondary N) is 1. The molecule has 1 amide bonds. The molecule has 2 N–H and O–H groups in total. The molecular formula is C12H13Cl2NO4. The number of carboxylic acids is 1. The fourth-order valence-electron chi connectivity index (χ4n) is 1.21. The van der Waals surface area contributed by atoms with E-state index in [-0.39, 0.29) is 5.02 Å². The van der Waals surface area contributed by atoms with Gasteiger partial charge >= 0.3 is 5.97 Å². The average Bonchev–Trinajstić information content (AvgIpc) is 2.32. The zero-order chi connectivity index (χ0) is 14.6. The molecule has 0 saturated heterocycles. The number of aliphatic carboxylic acids is 1. The van der Waals surface area contributed by atoms with Crippen molar-refractivity contribution in [3.8, 4) is 5.75 Å². The summed E-state index contributed by atoms with van der Waals surface area (Å²) in [5.41, 5.74) is 0. The van der Waals surface area contributed by atoms with E-state index in [0.29, 0.717) is 10.8 Å². The van der Waals surface area contributed by atoms with Gasteiger partial charge in [-0.15, -0.1) is 0 Å². The Bertz CT molecular complexity index is 493. The summed E-state index contributed by atoms with van der Waals surface area (Å²) in [5.74, 6) is -1.36. The average molecular weight is 306 g/mol. The maximum Gasteiger partial charge on any atom is 0.325 e. The third-order valence-electron chi connectivity index (χ3n) is 2.30. The van der Waals surface area contributed by atoms with Gasteiger partial charge in [-0.2, -0.15) is 0 Å². The molecule has 0 aromatic heterocycles. The van der Waals surface area contributed by atoms with Crippen LogP contribution in [0.4, 0.5) is 0 Å². The van der Waals surface area contributed by atoms with Crippen LogP contribution in [0.3, 0.4) is 0 Å². The molecule has 2 atom stereocenters. The quantitative estimate of drug-likeness (QED) is 0.875. The van der Waals surface area contributed by atoms with Crippen molar-refractivity contribution in [1.82, 2.24) is 5.32 Å². The molecule has 19 heavy (non-hydrogen) atoms. The van der Waals surface area contributed by atoms with Gasteiger partial charge in [0.15, 0.2) is 6.10 Å². The van der Waals surface area contributed by atoms with E-state index in [4.69, 9.17) is 33.0 Å². The van der Waals surface area contributed by atoms with E-state index in [9.17, 15) is 9.59 Å². The minimum atomic E-state index is -1.12. The lowest BCUT2D eigenvalue weighted by Gasteiger charge is -2.17. The largest absolute Gasteiger partial charge is 0.480 e. The van der Waals surface area contributed by atoms with E-state index in [1.807, 2.05) is 0 Å². The van der Waals surface area contributed by atoms with E-state index in [2.05, 4.69) is 5.32 Å². The molecule has 0 aliphatic heterocycles. The summed E-state index contributed by atoms with van der Waals surface area (Å²) in [4.78, 5) is 22.3. The minimum Gasteiger partial charge on any atom is -0.480 e. The van der Waals surface area contributed by atoms with E-state index in [1.54, 1.807) is 6.07 Å². The molecule has 0 aliphatic carbocycles. The fraction of sp³-hybridized carbons (Fsp3) is 0.333. The third-order valence-corrected chi connectivity index (χ3v) is 2.83. The highest BCUT2D eigenvalue weighted by Crippen LogP contribution is 2.28. The summed E-state index contributed by atoms with van der Waals surface area (Å²) in [6, 6.07) is 3.62. The van der Waals surface area contributed by atoms with Crippen molar-refractivity contribution in [2.45, 2.75) is 26.0 Å². The number of carbonyl (C=O) groups is 2. The zero-order valence-electron chi connectivity index (χ0n) is 10.3. The molecule has 1 rings (SSSR count). The Kier molecular flexibility index (Phi) is 5.44. The van der Waals surface area contributed by atoms with Gasteiger partial charge in [-0.1, -0.05) is 23.2 Å². The molecule has 1 aromatic rings. The smallest absolute Gasteiger partial charge is 0.325 e. The van der Waals surface area contributed by atoms with Gasteiger partial charge in [0.2, 0.25) is 0 Å². The molecule has 0 radical (unpaired) electrons. The second kappa shape index (κ2) is 6.63. The first kappa shape index (κ1) is 15.6. The molecule has 0 saturated carbocycles. The van der Waals surface area contributed by atoms with Crippen LogP contribution in [0.2, 0.25) is 10.0 Å². The van der Waals surface area contributed by atoms with Crippen LogP contribution in [0.25, 0.3) is 0 Å². The topological polar surface area (TPSA) is 75.6 Å². The number of rotatable bonds is 5. The van der Waals surface area contributed by atoms with Crippen molar-refractivity contribution < 1.29 is 19.4 Å². The van der Waals surface area contributed by atoms with Crippen molar-refractivity contribution in [2.75, 3.05) is 0 Å². The first-order valence-electron chi connectivity index (χ1n) is 5.46. The van der Waals surface area contributed by atoms with Gasteiger partial charge in [0.1, 0.15) is 11.8 Å². The van der Waals surface area contributed by atoms with Gasteiger partial charge in [0.05, 0.1) is 5.02 Å². The third kappa shape index (κ3) is 4.61. The Morgan fingerprint density at radius 2 is 1.95 bits per heavy atom. The molecule has 7 heteroatoms. The van der Waals surface area contributed by atoms with Crippen molar-refractivity contribution in [2.24, 2.45) is 0 Å². The summed E-state index contributed by atoms with van der Waals surface area (Å²) in [5, 5.41) is 11.7. The van der Waals surface area contributed by atoms with Gasteiger partial charge in [-0.05, 0) is 32.0 Å². The van der Waals surface area contributed by atoms with Gasteiger partial charge in [-0.25, -0.2) is 0 Å². The normalized spacial score (nSPS) is 13.5. The van der Waals surface area contributed by atoms with Crippen molar-refractivity contribution >= 4 is 35.1 Å². The van der Waals surface area contributed by atoms with Crippen LogP contribution in [0.15, 0.2) is 18.2 Å². The van der Waals surface area contributed by atoms with Crippen LogP contribution in [0.5, 0.6) is 5.75 Å². The summed E-state index contributed by atoms with van der Waals surface area (Å²) < 4.78 is 5.35. The zero-order valence-corrected chi connectivity index (χ0v) is 11.8. The van der Waals surface area contributed by atoms with Crippen LogP contribution in [0, 0.1) is 0 Å². The number of benzene rings is 1. The molecule has 1 unspecified atom stereocenters. The van der Waals surface area contributed by atoms with Crippen LogP contribution < -0.4 is 10.1 Å². The summed E-state index contributed by atoms with van der Waals surface area (Å²) >= 11 is 11.6. The molecule has 1 aromatic carbocycles. The van der Waals surface area contributed by atoms with Crippen molar-refractivity contribution in [3.05, 3.63) is 28.2 Å². The second-order valence-corrected chi connectivity index (χ2v) is 4.75. The number of ether oxygens (including phenoxy) is 1. The molecule has 5 nitrogen and oxygen atoms in total. The Morgan fingerprint density at radius 1 is 1.32 bits per heavy atom. The second-order valence-electron chi connectivity index (χ2n) is 3.90. The highest BCUT2D eigenvalue weighted by Gasteiger charge is 2.20. The molecule has 0 heterocycles. The van der Waals surface area contributed by atoms with Crippen LogP contribution in [-0.2, 0) is 9.59 Å². The maximum atomic E-state index is 11.7. The fourth-order valence-corrected chi connectivity index (χ4v) is 1.66. The van der Waals surface area contributed by atoms with Crippen LogP contribution in [-0.4, -0.2) is 29.1 Å². The summed E-state index contributed by atoms with van der Waals surface area (Å²) in [7, 11) is 0. The SMILES string of the molecule is CC(Oc1ccc(Cl)cc1Cl)C(=O)N[C@@H](C)C(=O)O. The number of carboxylic acid groups (broad SMARTS) is 1. The minimum absolute atomic E-state index is 0.276. The molecular weight excluding hydrogens is 293 g/mol. The molecule has 0 aliphatic rings. The maximum absolute atomic E-state index is 11.7. The molecule has 104 valence electrons. The monoisotopic (exact) mass is 305 g/mol. The highest BCUT2D eigenvalue weighted by atomic mass is 35.5. The molecule has 0 fully saturated rings. The predicted molar refractivity (Wildman–Crippen MR) is 71.8 cm³/mol. The van der Waals surface area contributed by atoms with Gasteiger partial charge in [0, 0.05) is 5.02 Å². The lowest BCUT2D eigenvalue weighted by Crippen LogP contribution is -2.44. The lowest BCUT2D eigenvalue weighted by atomic mass is 10.3. The Labute approximate surface area is 120 Å². The number of hydrogen-bond acceptors (Lipinski definition) is 3. The number of carbonyl (C=O) groups excluding carboxylic acids is 1. The van der Waals surface area contributed by atoms with E-state index < -0.39 is 24.0 Å². The van der Waals surface area contributed by atoms with Gasteiger partial charge in [-0.3, -0.25) is 9.59 Å². The van der Waals surface area contributed by atoms with Gasteiger partial charge < -0.3 is 15.2 Å². The number of amides is 1. The number of halogens is 2.